The number of rotatable bonds is 3. The fourth-order valence-electron chi connectivity index (χ4n) is 1.27. The fraction of sp³-hybridized carbons (Fsp3) is 0.0833. The van der Waals surface area contributed by atoms with Crippen LogP contribution < -0.4 is 4.74 Å². The van der Waals surface area contributed by atoms with Crippen molar-refractivity contribution in [2.75, 3.05) is 0 Å². The lowest BCUT2D eigenvalue weighted by Crippen LogP contribution is -1.97. The molecule has 1 aromatic carbocycles. The molecule has 5 heteroatoms. The van der Waals surface area contributed by atoms with Gasteiger partial charge in [-0.3, -0.25) is 0 Å². The third kappa shape index (κ3) is 3.44. The standard InChI is InChI=1S/C12H8Br2ClNO/c13-9-4-3-8(10(15)6-9)7-17-11-2-1-5-16-12(11)14/h1-6H,7H2. The van der Waals surface area contributed by atoms with Crippen molar-refractivity contribution < 1.29 is 4.74 Å². The zero-order valence-electron chi connectivity index (χ0n) is 8.66. The third-order valence-corrected chi connectivity index (χ3v) is 3.56. The highest BCUT2D eigenvalue weighted by Crippen LogP contribution is 2.25. The summed E-state index contributed by atoms with van der Waals surface area (Å²) in [6.07, 6.45) is 1.70. The lowest BCUT2D eigenvalue weighted by Gasteiger charge is -2.08. The first-order chi connectivity index (χ1) is 8.16. The van der Waals surface area contributed by atoms with Crippen molar-refractivity contribution in [2.45, 2.75) is 6.61 Å². The van der Waals surface area contributed by atoms with Gasteiger partial charge in [-0.1, -0.05) is 33.6 Å². The van der Waals surface area contributed by atoms with E-state index in [1.54, 1.807) is 6.20 Å². The van der Waals surface area contributed by atoms with Crippen molar-refractivity contribution in [3.8, 4) is 5.75 Å². The van der Waals surface area contributed by atoms with Crippen molar-refractivity contribution in [2.24, 2.45) is 0 Å². The SMILES string of the molecule is Clc1cc(Br)ccc1COc1cccnc1Br. The molecule has 0 saturated heterocycles. The Morgan fingerprint density at radius 1 is 1.24 bits per heavy atom. The van der Waals surface area contributed by atoms with Crippen LogP contribution in [0.1, 0.15) is 5.56 Å². The number of pyridine rings is 1. The smallest absolute Gasteiger partial charge is 0.152 e. The second kappa shape index (κ2) is 5.85. The fourth-order valence-corrected chi connectivity index (χ4v) is 2.37. The highest BCUT2D eigenvalue weighted by Gasteiger charge is 2.04. The minimum Gasteiger partial charge on any atom is -0.486 e. The molecular weight excluding hydrogens is 369 g/mol. The summed E-state index contributed by atoms with van der Waals surface area (Å²) >= 11 is 12.8. The van der Waals surface area contributed by atoms with Gasteiger partial charge in [-0.25, -0.2) is 4.98 Å². The predicted molar refractivity (Wildman–Crippen MR) is 75.4 cm³/mol. The van der Waals surface area contributed by atoms with Crippen molar-refractivity contribution in [3.05, 3.63) is 56.2 Å². The van der Waals surface area contributed by atoms with Crippen LogP contribution in [0.4, 0.5) is 0 Å². The van der Waals surface area contributed by atoms with Crippen LogP contribution >= 0.6 is 43.5 Å². The average Bonchev–Trinajstić information content (AvgIpc) is 2.30. The van der Waals surface area contributed by atoms with E-state index in [2.05, 4.69) is 36.8 Å². The normalized spacial score (nSPS) is 10.3. The number of hydrogen-bond donors (Lipinski definition) is 0. The molecule has 0 bridgehead atoms. The van der Waals surface area contributed by atoms with Crippen LogP contribution in [0.5, 0.6) is 5.75 Å². The highest BCUT2D eigenvalue weighted by atomic mass is 79.9. The van der Waals surface area contributed by atoms with Gasteiger partial charge in [0.05, 0.1) is 0 Å². The minimum atomic E-state index is 0.413. The van der Waals surface area contributed by atoms with E-state index >= 15 is 0 Å². The second-order valence-electron chi connectivity index (χ2n) is 3.32. The molecule has 0 aliphatic carbocycles. The summed E-state index contributed by atoms with van der Waals surface area (Å²) in [5, 5.41) is 0.680. The van der Waals surface area contributed by atoms with Gasteiger partial charge in [0.25, 0.3) is 0 Å². The molecule has 0 radical (unpaired) electrons. The van der Waals surface area contributed by atoms with E-state index in [1.807, 2.05) is 30.3 Å². The Labute approximate surface area is 121 Å². The van der Waals surface area contributed by atoms with Gasteiger partial charge in [-0.15, -0.1) is 0 Å². The number of halogens is 3. The van der Waals surface area contributed by atoms with E-state index in [1.165, 1.54) is 0 Å². The Morgan fingerprint density at radius 2 is 2.06 bits per heavy atom. The second-order valence-corrected chi connectivity index (χ2v) is 5.39. The molecule has 2 rings (SSSR count). The Hall–Kier alpha value is -0.580. The molecule has 0 N–H and O–H groups in total. The van der Waals surface area contributed by atoms with Gasteiger partial charge in [0.15, 0.2) is 5.75 Å². The third-order valence-electron chi connectivity index (χ3n) is 2.12. The molecule has 0 unspecified atom stereocenters. The first-order valence-corrected chi connectivity index (χ1v) is 6.80. The van der Waals surface area contributed by atoms with Crippen LogP contribution in [-0.2, 0) is 6.61 Å². The van der Waals surface area contributed by atoms with E-state index in [0.29, 0.717) is 22.0 Å². The zero-order valence-corrected chi connectivity index (χ0v) is 12.6. The molecule has 1 aromatic heterocycles. The topological polar surface area (TPSA) is 22.1 Å². The molecule has 2 nitrogen and oxygen atoms in total. The molecule has 88 valence electrons. The summed E-state index contributed by atoms with van der Waals surface area (Å²) in [6, 6.07) is 9.38. The number of benzene rings is 1. The maximum absolute atomic E-state index is 6.10. The van der Waals surface area contributed by atoms with Gasteiger partial charge in [0.1, 0.15) is 11.2 Å². The first-order valence-electron chi connectivity index (χ1n) is 4.84. The lowest BCUT2D eigenvalue weighted by molar-refractivity contribution is 0.303. The summed E-state index contributed by atoms with van der Waals surface area (Å²) in [5.41, 5.74) is 0.936. The van der Waals surface area contributed by atoms with Gasteiger partial charge in [0.2, 0.25) is 0 Å². The van der Waals surface area contributed by atoms with Crippen LogP contribution in [0.3, 0.4) is 0 Å². The lowest BCUT2D eigenvalue weighted by atomic mass is 10.2. The Morgan fingerprint density at radius 3 is 2.76 bits per heavy atom. The van der Waals surface area contributed by atoms with Crippen LogP contribution in [0.25, 0.3) is 0 Å². The van der Waals surface area contributed by atoms with Crippen molar-refractivity contribution in [3.63, 3.8) is 0 Å². The molecule has 0 aliphatic rings. The van der Waals surface area contributed by atoms with Crippen LogP contribution in [0, 0.1) is 0 Å². The molecule has 0 aliphatic heterocycles. The molecule has 0 fully saturated rings. The van der Waals surface area contributed by atoms with Crippen molar-refractivity contribution in [1.82, 2.24) is 4.98 Å². The molecule has 2 aromatic rings. The molecule has 0 spiro atoms. The van der Waals surface area contributed by atoms with Gasteiger partial charge >= 0.3 is 0 Å². The monoisotopic (exact) mass is 375 g/mol. The van der Waals surface area contributed by atoms with Crippen LogP contribution in [0.15, 0.2) is 45.6 Å². The Kier molecular flexibility index (Phi) is 4.42. The predicted octanol–water partition coefficient (Wildman–Crippen LogP) is 4.84. The first kappa shape index (κ1) is 12.9. The quantitative estimate of drug-likeness (QED) is 0.714. The van der Waals surface area contributed by atoms with Gasteiger partial charge in [-0.05, 0) is 40.2 Å². The van der Waals surface area contributed by atoms with E-state index in [0.717, 1.165) is 10.0 Å². The van der Waals surface area contributed by atoms with Crippen LogP contribution in [-0.4, -0.2) is 4.98 Å². The van der Waals surface area contributed by atoms with Crippen molar-refractivity contribution in [1.29, 1.82) is 0 Å². The number of ether oxygens (including phenoxy) is 1. The van der Waals surface area contributed by atoms with E-state index in [-0.39, 0.29) is 0 Å². The number of hydrogen-bond acceptors (Lipinski definition) is 2. The molecule has 17 heavy (non-hydrogen) atoms. The minimum absolute atomic E-state index is 0.413. The van der Waals surface area contributed by atoms with Crippen LogP contribution in [0.2, 0.25) is 5.02 Å². The molecule has 0 amide bonds. The molecule has 0 saturated carbocycles. The van der Waals surface area contributed by atoms with Gasteiger partial charge < -0.3 is 4.74 Å². The maximum atomic E-state index is 6.10. The highest BCUT2D eigenvalue weighted by molar-refractivity contribution is 9.10. The maximum Gasteiger partial charge on any atom is 0.152 e. The largest absolute Gasteiger partial charge is 0.486 e. The summed E-state index contributed by atoms with van der Waals surface area (Å²) in [4.78, 5) is 4.08. The Balaban J connectivity index is 2.10. The van der Waals surface area contributed by atoms with Gasteiger partial charge in [0, 0.05) is 21.3 Å². The van der Waals surface area contributed by atoms with E-state index < -0.39 is 0 Å². The summed E-state index contributed by atoms with van der Waals surface area (Å²) < 4.78 is 7.28. The average molecular weight is 377 g/mol. The molecule has 0 atom stereocenters. The Bertz CT molecular complexity index is 534. The van der Waals surface area contributed by atoms with E-state index in [9.17, 15) is 0 Å². The van der Waals surface area contributed by atoms with E-state index in [4.69, 9.17) is 16.3 Å². The van der Waals surface area contributed by atoms with Gasteiger partial charge in [-0.2, -0.15) is 0 Å². The summed E-state index contributed by atoms with van der Waals surface area (Å²) in [6.45, 7) is 0.413. The molecule has 1 heterocycles. The molecular formula is C12H8Br2ClNO. The zero-order chi connectivity index (χ0) is 12.3. The number of nitrogens with zero attached hydrogens (tertiary/aromatic N) is 1. The number of aromatic nitrogens is 1. The van der Waals surface area contributed by atoms with Crippen molar-refractivity contribution >= 4 is 43.5 Å². The summed E-state index contributed by atoms with van der Waals surface area (Å²) in [5.74, 6) is 0.700. The summed E-state index contributed by atoms with van der Waals surface area (Å²) in [7, 11) is 0.